The van der Waals surface area contributed by atoms with E-state index in [-0.39, 0.29) is 35.5 Å². The number of carboxylic acids is 2. The van der Waals surface area contributed by atoms with Gasteiger partial charge < -0.3 is 30.5 Å². The summed E-state index contributed by atoms with van der Waals surface area (Å²) < 4.78 is -0.662. The molecule has 0 fully saturated rings. The van der Waals surface area contributed by atoms with Crippen LogP contribution in [0.25, 0.3) is 0 Å². The maximum Gasteiger partial charge on any atom is 1.00 e. The molecular formula is C17H28N3NaO8. The predicted octanol–water partition coefficient (Wildman–Crippen LogP) is -5.59. The van der Waals surface area contributed by atoms with Crippen LogP contribution in [0.4, 0.5) is 0 Å². The summed E-state index contributed by atoms with van der Waals surface area (Å²) in [6, 6.07) is -0.845. The Hall–Kier alpha value is -1.53. The first kappa shape index (κ1) is 29.7. The predicted molar refractivity (Wildman–Crippen MR) is 93.0 cm³/mol. The Balaban J connectivity index is 0. The Morgan fingerprint density at radius 1 is 1.28 bits per heavy atom. The molecule has 160 valence electrons. The van der Waals surface area contributed by atoms with Crippen LogP contribution in [0.5, 0.6) is 0 Å². The van der Waals surface area contributed by atoms with Gasteiger partial charge in [0.15, 0.2) is 0 Å². The molecule has 3 N–H and O–H groups in total. The van der Waals surface area contributed by atoms with Gasteiger partial charge in [-0.3, -0.25) is 14.1 Å². The third-order valence-corrected chi connectivity index (χ3v) is 4.88. The van der Waals surface area contributed by atoms with Crippen molar-refractivity contribution >= 4 is 29.8 Å². The van der Waals surface area contributed by atoms with Crippen LogP contribution in [0.3, 0.4) is 0 Å². The number of quaternary nitrogens is 1. The number of amidine groups is 1. The Labute approximate surface area is 191 Å². The van der Waals surface area contributed by atoms with E-state index in [2.05, 4.69) is 10.3 Å². The molecule has 0 saturated carbocycles. The number of amides is 2. The normalized spacial score (nSPS) is 22.0. The van der Waals surface area contributed by atoms with Crippen molar-refractivity contribution < 1.29 is 73.6 Å². The van der Waals surface area contributed by atoms with E-state index in [1.807, 2.05) is 13.8 Å². The topological polar surface area (TPSA) is 179 Å². The molecule has 0 saturated heterocycles. The molecular weight excluding hydrogens is 397 g/mol. The molecule has 0 spiro atoms. The number of nitrogens with one attached hydrogen (secondary N) is 1. The summed E-state index contributed by atoms with van der Waals surface area (Å²) in [5, 5.41) is 41.1. The van der Waals surface area contributed by atoms with Crippen LogP contribution < -0.4 is 45.1 Å². The van der Waals surface area contributed by atoms with Gasteiger partial charge in [-0.15, -0.1) is 0 Å². The van der Waals surface area contributed by atoms with Gasteiger partial charge in [-0.25, -0.2) is 9.79 Å². The van der Waals surface area contributed by atoms with Gasteiger partial charge in [0.05, 0.1) is 27.2 Å². The average Bonchev–Trinajstić information content (AvgIpc) is 2.53. The molecule has 1 heterocycles. The second kappa shape index (κ2) is 11.0. The number of rotatable bonds is 7. The van der Waals surface area contributed by atoms with E-state index in [9.17, 15) is 34.5 Å². The number of hydrogen-bond donors (Lipinski definition) is 3. The van der Waals surface area contributed by atoms with Crippen molar-refractivity contribution in [2.75, 3.05) is 21.1 Å². The van der Waals surface area contributed by atoms with Crippen molar-refractivity contribution in [3.63, 3.8) is 0 Å². The molecule has 1 aliphatic heterocycles. The van der Waals surface area contributed by atoms with Crippen LogP contribution in [0, 0.1) is 11.3 Å². The van der Waals surface area contributed by atoms with Crippen LogP contribution in [-0.4, -0.2) is 71.3 Å². The fraction of sp³-hybridized carbons (Fsp3) is 0.706. The van der Waals surface area contributed by atoms with Crippen molar-refractivity contribution in [2.24, 2.45) is 16.3 Å². The summed E-state index contributed by atoms with van der Waals surface area (Å²) in [4.78, 5) is 47.8. The maximum absolute atomic E-state index is 11.9. The molecule has 0 radical (unpaired) electrons. The SMILES string of the molecule is CCCC(C)C1(CC)C(=O)N=C([O-])NC1=O.C[N+](C)(C)C(O)(C(=O)[O-])C(=O)O.[Na+]. The zero-order chi connectivity index (χ0) is 22.5. The van der Waals surface area contributed by atoms with Crippen LogP contribution >= 0.6 is 0 Å². The van der Waals surface area contributed by atoms with Gasteiger partial charge in [0.25, 0.3) is 5.91 Å². The molecule has 3 unspecified atom stereocenters. The van der Waals surface area contributed by atoms with E-state index in [0.29, 0.717) is 6.42 Å². The molecule has 0 bridgehead atoms. The van der Waals surface area contributed by atoms with E-state index >= 15 is 0 Å². The quantitative estimate of drug-likeness (QED) is 0.156. The molecule has 1 rings (SSSR count). The van der Waals surface area contributed by atoms with Crippen LogP contribution in [0.15, 0.2) is 4.99 Å². The number of carbonyl (C=O) groups is 4. The number of hydrogen-bond acceptors (Lipinski definition) is 7. The standard InChI is InChI=1S/C11H18N2O3.C6H11NO5.Na/c1-4-6-7(3)11(5-2)8(14)12-10(16)13-9(11)15;1-7(2,3)6(12,4(8)9)5(10)11;/h7H,4-6H2,1-3H3,(H2,12,13,14,15,16);12H,1-3H3,(H-,8,9,10,11);/q;;+1/p-1. The number of aliphatic imine (C=N–C) groups is 1. The van der Waals surface area contributed by atoms with Crippen molar-refractivity contribution in [1.82, 2.24) is 5.32 Å². The van der Waals surface area contributed by atoms with Gasteiger partial charge in [-0.1, -0.05) is 27.2 Å². The van der Waals surface area contributed by atoms with E-state index in [1.54, 1.807) is 6.92 Å². The summed E-state index contributed by atoms with van der Waals surface area (Å²) in [6.07, 6.45) is 2.02. The van der Waals surface area contributed by atoms with Gasteiger partial charge in [-0.05, 0) is 18.8 Å². The van der Waals surface area contributed by atoms with E-state index in [4.69, 9.17) is 5.11 Å². The number of likely N-dealkylation sites (N-methyl/N-ethyl adjacent to an activating group) is 1. The zero-order valence-electron chi connectivity index (χ0n) is 17.9. The van der Waals surface area contributed by atoms with Crippen LogP contribution in [-0.2, 0) is 19.2 Å². The largest absolute Gasteiger partial charge is 1.00 e. The van der Waals surface area contributed by atoms with Gasteiger partial charge in [-0.2, -0.15) is 0 Å². The summed E-state index contributed by atoms with van der Waals surface area (Å²) in [7, 11) is 3.72. The van der Waals surface area contributed by atoms with Gasteiger partial charge in [0.2, 0.25) is 5.91 Å². The van der Waals surface area contributed by atoms with E-state index in [1.165, 1.54) is 21.1 Å². The van der Waals surface area contributed by atoms with Crippen molar-refractivity contribution in [2.45, 2.75) is 45.8 Å². The number of aliphatic hydroxyl groups is 1. The Kier molecular flexibility index (Phi) is 11.3. The molecule has 0 aromatic rings. The molecule has 2 amide bonds. The van der Waals surface area contributed by atoms with Crippen molar-refractivity contribution in [1.29, 1.82) is 0 Å². The molecule has 0 aromatic heterocycles. The Morgan fingerprint density at radius 3 is 2.00 bits per heavy atom. The summed E-state index contributed by atoms with van der Waals surface area (Å²) >= 11 is 0. The molecule has 0 aliphatic carbocycles. The molecule has 29 heavy (non-hydrogen) atoms. The summed E-state index contributed by atoms with van der Waals surface area (Å²) in [6.45, 7) is 5.62. The van der Waals surface area contributed by atoms with Gasteiger partial charge in [0, 0.05) is 0 Å². The molecule has 0 aromatic carbocycles. The van der Waals surface area contributed by atoms with Crippen LogP contribution in [0.2, 0.25) is 0 Å². The molecule has 3 atom stereocenters. The first-order valence-corrected chi connectivity index (χ1v) is 8.73. The minimum Gasteiger partial charge on any atom is -0.846 e. The zero-order valence-corrected chi connectivity index (χ0v) is 19.9. The van der Waals surface area contributed by atoms with E-state index in [0.717, 1.165) is 12.8 Å². The number of carboxylic acid groups (broad SMARTS) is 2. The Morgan fingerprint density at radius 2 is 1.76 bits per heavy atom. The molecule has 12 heteroatoms. The summed E-state index contributed by atoms with van der Waals surface area (Å²) in [5.74, 6) is -5.06. The second-order valence-electron chi connectivity index (χ2n) is 7.47. The first-order chi connectivity index (χ1) is 12.6. The number of aliphatic carboxylic acids is 2. The number of nitrogens with zero attached hydrogens (tertiary/aromatic N) is 2. The van der Waals surface area contributed by atoms with Gasteiger partial charge in [0.1, 0.15) is 11.4 Å². The Bertz CT molecular complexity index is 660. The van der Waals surface area contributed by atoms with Crippen LogP contribution in [0.1, 0.15) is 40.0 Å². The fourth-order valence-corrected chi connectivity index (χ4v) is 2.95. The minimum atomic E-state index is -2.90. The maximum atomic E-state index is 11.9. The fourth-order valence-electron chi connectivity index (χ4n) is 2.95. The first-order valence-electron chi connectivity index (χ1n) is 8.73. The molecule has 11 nitrogen and oxygen atoms in total. The second-order valence-corrected chi connectivity index (χ2v) is 7.47. The molecule has 1 aliphatic rings. The summed E-state index contributed by atoms with van der Waals surface area (Å²) in [5.41, 5.74) is -4.05. The number of carbonyl (C=O) groups excluding carboxylic acids is 3. The minimum absolute atomic E-state index is 0. The van der Waals surface area contributed by atoms with Crippen molar-refractivity contribution in [3.8, 4) is 0 Å². The third-order valence-electron chi connectivity index (χ3n) is 4.88. The monoisotopic (exact) mass is 425 g/mol. The van der Waals surface area contributed by atoms with Gasteiger partial charge >= 0.3 is 41.3 Å². The van der Waals surface area contributed by atoms with E-state index < -0.39 is 45.4 Å². The smallest absolute Gasteiger partial charge is 0.846 e. The average molecular weight is 425 g/mol. The van der Waals surface area contributed by atoms with Crippen molar-refractivity contribution in [3.05, 3.63) is 0 Å². The third kappa shape index (κ3) is 5.98.